The molecule has 0 radical (unpaired) electrons. The molecule has 4 nitrogen and oxygen atoms in total. The van der Waals surface area contributed by atoms with E-state index in [0.29, 0.717) is 23.6 Å². The van der Waals surface area contributed by atoms with Gasteiger partial charge in [-0.15, -0.1) is 0 Å². The first-order valence-corrected chi connectivity index (χ1v) is 11.0. The molecule has 0 N–H and O–H groups in total. The largest absolute Gasteiger partial charge is 0.342 e. The molecular weight excluding hydrogens is 408 g/mol. The Bertz CT molecular complexity index is 1030. The van der Waals surface area contributed by atoms with Crippen LogP contribution >= 0.6 is 11.6 Å². The van der Waals surface area contributed by atoms with Crippen molar-refractivity contribution < 1.29 is 9.59 Å². The molecule has 3 aromatic rings. The van der Waals surface area contributed by atoms with E-state index in [1.165, 1.54) is 0 Å². The molecule has 0 aliphatic carbocycles. The molecule has 5 heteroatoms. The van der Waals surface area contributed by atoms with Crippen molar-refractivity contribution >= 4 is 29.1 Å². The zero-order valence-corrected chi connectivity index (χ0v) is 18.1. The fraction of sp³-hybridized carbons (Fsp3) is 0.231. The number of carbonyl (C=O) groups excluding carboxylic acids is 2. The van der Waals surface area contributed by atoms with E-state index in [9.17, 15) is 9.59 Å². The summed E-state index contributed by atoms with van der Waals surface area (Å²) in [5.74, 6) is 0.0741. The molecule has 0 bridgehead atoms. The minimum Gasteiger partial charge on any atom is -0.342 e. The lowest BCUT2D eigenvalue weighted by molar-refractivity contribution is -0.129. The summed E-state index contributed by atoms with van der Waals surface area (Å²) >= 11 is 5.99. The van der Waals surface area contributed by atoms with Crippen LogP contribution in [0, 0.1) is 0 Å². The predicted octanol–water partition coefficient (Wildman–Crippen LogP) is 5.35. The first kappa shape index (κ1) is 21.1. The molecule has 0 atom stereocenters. The summed E-state index contributed by atoms with van der Waals surface area (Å²) in [5, 5.41) is 0.596. The van der Waals surface area contributed by atoms with Crippen LogP contribution in [0.25, 0.3) is 0 Å². The van der Waals surface area contributed by atoms with Gasteiger partial charge in [0.25, 0.3) is 5.91 Å². The molecule has 1 fully saturated rings. The Balaban J connectivity index is 1.56. The van der Waals surface area contributed by atoms with Gasteiger partial charge in [0.2, 0.25) is 5.91 Å². The van der Waals surface area contributed by atoms with Crippen molar-refractivity contribution in [2.45, 2.75) is 25.8 Å². The number of benzene rings is 3. The lowest BCUT2D eigenvalue weighted by Gasteiger charge is -2.24. The van der Waals surface area contributed by atoms with E-state index in [0.717, 1.165) is 42.7 Å². The Hall–Kier alpha value is -3.11. The molecule has 0 aromatic heterocycles. The molecule has 1 aliphatic rings. The molecule has 2 amide bonds. The van der Waals surface area contributed by atoms with Crippen molar-refractivity contribution in [3.63, 3.8) is 0 Å². The van der Waals surface area contributed by atoms with Crippen molar-refractivity contribution in [1.29, 1.82) is 0 Å². The lowest BCUT2D eigenvalue weighted by atomic mass is 10.1. The van der Waals surface area contributed by atoms with Gasteiger partial charge in [-0.2, -0.15) is 0 Å². The SMILES string of the molecule is O=C(Cc1ccc(N(Cc2ccccc2)C(=O)c2ccc(Cl)cc2)cc1)N1CCCC1. The van der Waals surface area contributed by atoms with Gasteiger partial charge in [0.15, 0.2) is 0 Å². The quantitative estimate of drug-likeness (QED) is 0.526. The van der Waals surface area contributed by atoms with Gasteiger partial charge in [0.1, 0.15) is 0 Å². The molecular formula is C26H25ClN2O2. The summed E-state index contributed by atoms with van der Waals surface area (Å²) in [6, 6.07) is 24.6. The van der Waals surface area contributed by atoms with E-state index in [4.69, 9.17) is 11.6 Å². The molecule has 3 aromatic carbocycles. The van der Waals surface area contributed by atoms with Gasteiger partial charge in [-0.25, -0.2) is 0 Å². The predicted molar refractivity (Wildman–Crippen MR) is 124 cm³/mol. The number of anilines is 1. The second-order valence-electron chi connectivity index (χ2n) is 7.81. The first-order valence-electron chi connectivity index (χ1n) is 10.6. The van der Waals surface area contributed by atoms with E-state index < -0.39 is 0 Å². The second kappa shape index (κ2) is 9.80. The average Bonchev–Trinajstić information content (AvgIpc) is 3.34. The number of carbonyl (C=O) groups is 2. The zero-order chi connectivity index (χ0) is 21.6. The Morgan fingerprint density at radius 1 is 0.806 bits per heavy atom. The molecule has 1 heterocycles. The maximum absolute atomic E-state index is 13.3. The molecule has 1 aliphatic heterocycles. The summed E-state index contributed by atoms with van der Waals surface area (Å²) in [5.41, 5.74) is 3.37. The van der Waals surface area contributed by atoms with E-state index in [1.807, 2.05) is 59.5 Å². The number of hydrogen-bond acceptors (Lipinski definition) is 2. The maximum Gasteiger partial charge on any atom is 0.258 e. The van der Waals surface area contributed by atoms with Crippen LogP contribution in [0.15, 0.2) is 78.9 Å². The summed E-state index contributed by atoms with van der Waals surface area (Å²) in [6.07, 6.45) is 2.57. The van der Waals surface area contributed by atoms with E-state index in [2.05, 4.69) is 0 Å². The normalized spacial score (nSPS) is 13.3. The van der Waals surface area contributed by atoms with Crippen molar-refractivity contribution in [3.05, 3.63) is 101 Å². The van der Waals surface area contributed by atoms with Gasteiger partial charge in [-0.3, -0.25) is 9.59 Å². The van der Waals surface area contributed by atoms with Gasteiger partial charge in [0.05, 0.1) is 13.0 Å². The molecule has 158 valence electrons. The summed E-state index contributed by atoms with van der Waals surface area (Å²) in [4.78, 5) is 29.5. The first-order chi connectivity index (χ1) is 15.1. The molecule has 0 unspecified atom stereocenters. The fourth-order valence-corrected chi connectivity index (χ4v) is 3.97. The smallest absolute Gasteiger partial charge is 0.258 e. The number of likely N-dealkylation sites (tertiary alicyclic amines) is 1. The number of hydrogen-bond donors (Lipinski definition) is 0. The number of halogens is 1. The van der Waals surface area contributed by atoms with Gasteiger partial charge < -0.3 is 9.80 Å². The van der Waals surface area contributed by atoms with Crippen LogP contribution in [0.3, 0.4) is 0 Å². The Kier molecular flexibility index (Phi) is 6.68. The molecule has 0 saturated carbocycles. The van der Waals surface area contributed by atoms with Crippen LogP contribution in [-0.4, -0.2) is 29.8 Å². The summed E-state index contributed by atoms with van der Waals surface area (Å²) in [6.45, 7) is 2.17. The van der Waals surface area contributed by atoms with Crippen LogP contribution in [0.5, 0.6) is 0 Å². The fourth-order valence-electron chi connectivity index (χ4n) is 3.84. The van der Waals surface area contributed by atoms with Crippen LogP contribution in [0.2, 0.25) is 5.02 Å². The monoisotopic (exact) mass is 432 g/mol. The van der Waals surface area contributed by atoms with Crippen molar-refractivity contribution in [2.24, 2.45) is 0 Å². The lowest BCUT2D eigenvalue weighted by Crippen LogP contribution is -2.30. The zero-order valence-electron chi connectivity index (χ0n) is 17.3. The highest BCUT2D eigenvalue weighted by Crippen LogP contribution is 2.23. The summed E-state index contributed by atoms with van der Waals surface area (Å²) < 4.78 is 0. The van der Waals surface area contributed by atoms with E-state index >= 15 is 0 Å². The van der Waals surface area contributed by atoms with Crippen molar-refractivity contribution in [3.8, 4) is 0 Å². The molecule has 1 saturated heterocycles. The van der Waals surface area contributed by atoms with Gasteiger partial charge in [-0.1, -0.05) is 54.1 Å². The molecule has 31 heavy (non-hydrogen) atoms. The third kappa shape index (κ3) is 5.33. The Morgan fingerprint density at radius 2 is 1.45 bits per heavy atom. The van der Waals surface area contributed by atoms with Crippen LogP contribution in [-0.2, 0) is 17.8 Å². The Labute approximate surface area is 188 Å². The second-order valence-corrected chi connectivity index (χ2v) is 8.25. The van der Waals surface area contributed by atoms with Crippen LogP contribution in [0.4, 0.5) is 5.69 Å². The number of nitrogens with zero attached hydrogens (tertiary/aromatic N) is 2. The Morgan fingerprint density at radius 3 is 2.10 bits per heavy atom. The number of amides is 2. The van der Waals surface area contributed by atoms with Crippen LogP contribution < -0.4 is 4.90 Å². The van der Waals surface area contributed by atoms with Crippen molar-refractivity contribution in [1.82, 2.24) is 4.90 Å². The highest BCUT2D eigenvalue weighted by atomic mass is 35.5. The van der Waals surface area contributed by atoms with Gasteiger partial charge in [0, 0.05) is 29.4 Å². The topological polar surface area (TPSA) is 40.6 Å². The third-order valence-electron chi connectivity index (χ3n) is 5.58. The minimum atomic E-state index is -0.0959. The van der Waals surface area contributed by atoms with Crippen molar-refractivity contribution in [2.75, 3.05) is 18.0 Å². The summed E-state index contributed by atoms with van der Waals surface area (Å²) in [7, 11) is 0. The number of rotatable bonds is 6. The third-order valence-corrected chi connectivity index (χ3v) is 5.83. The highest BCUT2D eigenvalue weighted by molar-refractivity contribution is 6.30. The van der Waals surface area contributed by atoms with Gasteiger partial charge >= 0.3 is 0 Å². The molecule has 0 spiro atoms. The standard InChI is InChI=1S/C26H25ClN2O2/c27-23-12-10-22(11-13-23)26(31)29(19-21-6-2-1-3-7-21)24-14-8-20(9-15-24)18-25(30)28-16-4-5-17-28/h1-3,6-15H,4-5,16-19H2. The van der Waals surface area contributed by atoms with Crippen LogP contribution in [0.1, 0.15) is 34.3 Å². The highest BCUT2D eigenvalue weighted by Gasteiger charge is 2.20. The average molecular weight is 433 g/mol. The van der Waals surface area contributed by atoms with E-state index in [1.54, 1.807) is 29.2 Å². The minimum absolute atomic E-state index is 0.0959. The van der Waals surface area contributed by atoms with E-state index in [-0.39, 0.29) is 11.8 Å². The van der Waals surface area contributed by atoms with Gasteiger partial charge in [-0.05, 0) is 60.4 Å². The maximum atomic E-state index is 13.3. The molecule has 4 rings (SSSR count).